The Kier molecular flexibility index (Phi) is 4.17. The smallest absolute Gasteiger partial charge is 0.196 e. The molecule has 0 aromatic heterocycles. The number of ether oxygens (including phenoxy) is 1. The second-order valence-electron chi connectivity index (χ2n) is 7.78. The minimum atomic E-state index is -0.744. The molecule has 5 heteroatoms. The summed E-state index contributed by atoms with van der Waals surface area (Å²) in [4.78, 5) is 26.0. The molecule has 140 valence electrons. The van der Waals surface area contributed by atoms with Gasteiger partial charge in [0.1, 0.15) is 6.10 Å². The van der Waals surface area contributed by atoms with Gasteiger partial charge in [0.2, 0.25) is 0 Å². The molecule has 2 N–H and O–H groups in total. The van der Waals surface area contributed by atoms with Gasteiger partial charge >= 0.3 is 0 Å². The second-order valence-corrected chi connectivity index (χ2v) is 7.78. The number of nitrogens with one attached hydrogen (secondary N) is 1. The molecule has 4 rings (SSSR count). The molecule has 2 aromatic rings. The number of rotatable bonds is 2. The van der Waals surface area contributed by atoms with E-state index >= 15 is 0 Å². The van der Waals surface area contributed by atoms with Crippen molar-refractivity contribution in [3.05, 3.63) is 64.7 Å². The van der Waals surface area contributed by atoms with Gasteiger partial charge in [-0.05, 0) is 33.3 Å². The third-order valence-electron chi connectivity index (χ3n) is 5.63. The summed E-state index contributed by atoms with van der Waals surface area (Å²) in [6, 6.07) is 12.1. The highest BCUT2D eigenvalue weighted by Crippen LogP contribution is 2.37. The molecule has 4 atom stereocenters. The lowest BCUT2D eigenvalue weighted by Crippen LogP contribution is -2.58. The van der Waals surface area contributed by atoms with E-state index in [2.05, 4.69) is 5.32 Å². The summed E-state index contributed by atoms with van der Waals surface area (Å²) in [6.07, 6.45) is -0.519. The summed E-state index contributed by atoms with van der Waals surface area (Å²) in [5.41, 5.74) is 1.53. The number of aliphatic hydroxyl groups excluding tert-OH is 1. The standard InChI is InChI=1S/C22H23NO4/c1-12-11-22(3,21(26)13(2)27-12)23-17-10-6-9-16-18(17)20(25)15-8-5-4-7-14(15)19(16)24/h4-10,12-13,21,23,26H,11H2,1-3H3/t12-,13-,21-,22+/m0/s1. The van der Waals surface area contributed by atoms with Gasteiger partial charge in [-0.2, -0.15) is 0 Å². The first-order chi connectivity index (χ1) is 12.8. The fourth-order valence-corrected chi connectivity index (χ4v) is 4.41. The molecule has 0 spiro atoms. The van der Waals surface area contributed by atoms with Crippen LogP contribution in [0.25, 0.3) is 0 Å². The minimum Gasteiger partial charge on any atom is -0.388 e. The van der Waals surface area contributed by atoms with Crippen LogP contribution in [0.4, 0.5) is 5.69 Å². The van der Waals surface area contributed by atoms with Crippen molar-refractivity contribution in [3.8, 4) is 0 Å². The van der Waals surface area contributed by atoms with Crippen molar-refractivity contribution < 1.29 is 19.4 Å². The van der Waals surface area contributed by atoms with Crippen LogP contribution in [0.1, 0.15) is 59.0 Å². The Labute approximate surface area is 158 Å². The van der Waals surface area contributed by atoms with Crippen LogP contribution in [0.3, 0.4) is 0 Å². The number of aliphatic hydroxyl groups is 1. The number of hydrogen-bond acceptors (Lipinski definition) is 5. The highest BCUT2D eigenvalue weighted by molar-refractivity contribution is 6.30. The molecule has 2 aromatic carbocycles. The van der Waals surface area contributed by atoms with E-state index in [1.165, 1.54) is 0 Å². The fraction of sp³-hybridized carbons (Fsp3) is 0.364. The largest absolute Gasteiger partial charge is 0.388 e. The molecule has 2 aliphatic rings. The molecule has 27 heavy (non-hydrogen) atoms. The maximum absolute atomic E-state index is 13.2. The number of hydrogen-bond donors (Lipinski definition) is 2. The van der Waals surface area contributed by atoms with Crippen molar-refractivity contribution in [2.45, 2.75) is 51.0 Å². The molecule has 1 fully saturated rings. The average Bonchev–Trinajstić information content (AvgIpc) is 2.64. The predicted octanol–water partition coefficient (Wildman–Crippen LogP) is 3.19. The highest BCUT2D eigenvalue weighted by Gasteiger charge is 2.44. The van der Waals surface area contributed by atoms with Gasteiger partial charge in [-0.1, -0.05) is 36.4 Å². The normalized spacial score (nSPS) is 29.9. The van der Waals surface area contributed by atoms with E-state index in [0.29, 0.717) is 34.4 Å². The fourth-order valence-electron chi connectivity index (χ4n) is 4.41. The van der Waals surface area contributed by atoms with E-state index in [0.717, 1.165) is 0 Å². The van der Waals surface area contributed by atoms with Gasteiger partial charge < -0.3 is 15.2 Å². The lowest BCUT2D eigenvalue weighted by Gasteiger charge is -2.46. The van der Waals surface area contributed by atoms with E-state index < -0.39 is 11.6 Å². The zero-order chi connectivity index (χ0) is 19.3. The molecule has 1 heterocycles. The van der Waals surface area contributed by atoms with Gasteiger partial charge in [0.15, 0.2) is 11.6 Å². The summed E-state index contributed by atoms with van der Waals surface area (Å²) in [5.74, 6) is -0.321. The predicted molar refractivity (Wildman–Crippen MR) is 102 cm³/mol. The number of anilines is 1. The number of fused-ring (bicyclic) bond motifs is 2. The summed E-state index contributed by atoms with van der Waals surface area (Å²) in [7, 11) is 0. The first-order valence-electron chi connectivity index (χ1n) is 9.25. The number of benzene rings is 2. The summed E-state index contributed by atoms with van der Waals surface area (Å²) in [5, 5.41) is 14.1. The van der Waals surface area contributed by atoms with E-state index in [4.69, 9.17) is 4.74 Å². The summed E-state index contributed by atoms with van der Waals surface area (Å²) in [6.45, 7) is 5.73. The maximum atomic E-state index is 13.2. The zero-order valence-electron chi connectivity index (χ0n) is 15.7. The molecule has 5 nitrogen and oxygen atoms in total. The second kappa shape index (κ2) is 6.29. The van der Waals surface area contributed by atoms with Crippen molar-refractivity contribution in [1.82, 2.24) is 0 Å². The first-order valence-corrected chi connectivity index (χ1v) is 9.25. The van der Waals surface area contributed by atoms with E-state index in [1.807, 2.05) is 20.8 Å². The van der Waals surface area contributed by atoms with Crippen molar-refractivity contribution in [2.75, 3.05) is 5.32 Å². The highest BCUT2D eigenvalue weighted by atomic mass is 16.5. The quantitative estimate of drug-likeness (QED) is 0.729. The maximum Gasteiger partial charge on any atom is 0.196 e. The molecular formula is C22H23NO4. The third-order valence-corrected chi connectivity index (χ3v) is 5.63. The van der Waals surface area contributed by atoms with Crippen molar-refractivity contribution in [2.24, 2.45) is 0 Å². The van der Waals surface area contributed by atoms with Gasteiger partial charge in [0.25, 0.3) is 0 Å². The van der Waals surface area contributed by atoms with Crippen LogP contribution >= 0.6 is 0 Å². The van der Waals surface area contributed by atoms with Crippen molar-refractivity contribution in [1.29, 1.82) is 0 Å². The van der Waals surface area contributed by atoms with Crippen molar-refractivity contribution >= 4 is 17.3 Å². The SMILES string of the molecule is C[C@@H]1O[C@@H](C)C[C@@](C)(Nc2cccc3c2C(=O)c2ccccc2C3=O)[C@H]1O. The Morgan fingerprint density at radius 3 is 2.33 bits per heavy atom. The van der Waals surface area contributed by atoms with Gasteiger partial charge in [-0.3, -0.25) is 9.59 Å². The Bertz CT molecular complexity index is 938. The Hall–Kier alpha value is -2.50. The monoisotopic (exact) mass is 365 g/mol. The number of ketones is 2. The third kappa shape index (κ3) is 2.78. The van der Waals surface area contributed by atoms with Crippen LogP contribution in [0, 0.1) is 0 Å². The molecule has 1 aliphatic carbocycles. The van der Waals surface area contributed by atoms with Crippen LogP contribution < -0.4 is 5.32 Å². The minimum absolute atomic E-state index is 0.0292. The van der Waals surface area contributed by atoms with Crippen LogP contribution in [-0.4, -0.2) is 40.5 Å². The Morgan fingerprint density at radius 1 is 1.00 bits per heavy atom. The van der Waals surface area contributed by atoms with E-state index in [9.17, 15) is 14.7 Å². The molecule has 0 bridgehead atoms. The molecule has 0 unspecified atom stereocenters. The zero-order valence-corrected chi connectivity index (χ0v) is 15.7. The van der Waals surface area contributed by atoms with Crippen molar-refractivity contribution in [3.63, 3.8) is 0 Å². The summed E-state index contributed by atoms with van der Waals surface area (Å²) < 4.78 is 5.72. The van der Waals surface area contributed by atoms with Gasteiger partial charge in [-0.25, -0.2) is 0 Å². The van der Waals surface area contributed by atoms with Crippen LogP contribution in [0.5, 0.6) is 0 Å². The van der Waals surface area contributed by atoms with Gasteiger partial charge in [0.05, 0.1) is 23.3 Å². The topological polar surface area (TPSA) is 75.6 Å². The lowest BCUT2D eigenvalue weighted by molar-refractivity contribution is -0.130. The molecule has 0 saturated carbocycles. The van der Waals surface area contributed by atoms with E-state index in [-0.39, 0.29) is 23.8 Å². The first kappa shape index (κ1) is 17.9. The molecule has 0 amide bonds. The van der Waals surface area contributed by atoms with Crippen LogP contribution in [-0.2, 0) is 4.74 Å². The Morgan fingerprint density at radius 2 is 1.63 bits per heavy atom. The van der Waals surface area contributed by atoms with E-state index in [1.54, 1.807) is 42.5 Å². The summed E-state index contributed by atoms with van der Waals surface area (Å²) >= 11 is 0. The van der Waals surface area contributed by atoms with Gasteiger partial charge in [-0.15, -0.1) is 0 Å². The average molecular weight is 365 g/mol. The molecular weight excluding hydrogens is 342 g/mol. The molecule has 1 aliphatic heterocycles. The molecule has 0 radical (unpaired) electrons. The lowest BCUT2D eigenvalue weighted by atomic mass is 9.80. The van der Waals surface area contributed by atoms with Crippen LogP contribution in [0.15, 0.2) is 42.5 Å². The Balaban J connectivity index is 1.79. The van der Waals surface area contributed by atoms with Crippen LogP contribution in [0.2, 0.25) is 0 Å². The number of carbonyl (C=O) groups excluding carboxylic acids is 2. The number of carbonyl (C=O) groups is 2. The van der Waals surface area contributed by atoms with Gasteiger partial charge in [0, 0.05) is 22.4 Å². The molecule has 1 saturated heterocycles.